The van der Waals surface area contributed by atoms with Gasteiger partial charge in [0.15, 0.2) is 6.19 Å². The van der Waals surface area contributed by atoms with E-state index in [4.69, 9.17) is 5.26 Å². The summed E-state index contributed by atoms with van der Waals surface area (Å²) in [6.45, 7) is 2.93. The van der Waals surface area contributed by atoms with E-state index in [0.29, 0.717) is 6.04 Å². The van der Waals surface area contributed by atoms with Gasteiger partial charge in [0.1, 0.15) is 0 Å². The van der Waals surface area contributed by atoms with E-state index in [9.17, 15) is 0 Å². The minimum Gasteiger partial charge on any atom is -0.319 e. The molecular formula is C8H18N4. The largest absolute Gasteiger partial charge is 0.319 e. The molecule has 3 N–H and O–H groups in total. The van der Waals surface area contributed by atoms with Crippen LogP contribution in [0.25, 0.3) is 0 Å². The fourth-order valence-electron chi connectivity index (χ4n) is 1.24. The highest BCUT2D eigenvalue weighted by molar-refractivity contribution is 4.86. The van der Waals surface area contributed by atoms with Crippen molar-refractivity contribution in [3.63, 3.8) is 0 Å². The first-order valence-electron chi connectivity index (χ1n) is 4.26. The zero-order chi connectivity index (χ0) is 9.40. The molecular weight excluding hydrogens is 152 g/mol. The van der Waals surface area contributed by atoms with Gasteiger partial charge in [-0.25, -0.2) is 0 Å². The molecule has 0 amide bonds. The summed E-state index contributed by atoms with van der Waals surface area (Å²) >= 11 is 0. The van der Waals surface area contributed by atoms with Crippen LogP contribution in [0.5, 0.6) is 0 Å². The maximum absolute atomic E-state index is 8.47. The van der Waals surface area contributed by atoms with E-state index < -0.39 is 0 Å². The molecule has 0 radical (unpaired) electrons. The van der Waals surface area contributed by atoms with Crippen molar-refractivity contribution < 1.29 is 0 Å². The van der Waals surface area contributed by atoms with Crippen LogP contribution in [0.2, 0.25) is 0 Å². The third-order valence-electron chi connectivity index (χ3n) is 1.97. The number of hydrogen-bond donors (Lipinski definition) is 3. The Morgan fingerprint density at radius 2 is 2.00 bits per heavy atom. The maximum atomic E-state index is 8.47. The third kappa shape index (κ3) is 3.56. The molecule has 0 saturated carbocycles. The molecule has 0 spiro atoms. The van der Waals surface area contributed by atoms with Crippen molar-refractivity contribution in [3.05, 3.63) is 0 Å². The summed E-state index contributed by atoms with van der Waals surface area (Å²) in [7, 11) is 3.81. The highest BCUT2D eigenvalue weighted by atomic mass is 15.0. The number of nitriles is 1. The van der Waals surface area contributed by atoms with Crippen molar-refractivity contribution in [2.24, 2.45) is 0 Å². The lowest BCUT2D eigenvalue weighted by atomic mass is 10.1. The van der Waals surface area contributed by atoms with Crippen LogP contribution in [0.15, 0.2) is 0 Å². The summed E-state index contributed by atoms with van der Waals surface area (Å²) in [4.78, 5) is 0. The fraction of sp³-hybridized carbons (Fsp3) is 0.875. The van der Waals surface area contributed by atoms with Gasteiger partial charge in [-0.1, -0.05) is 6.92 Å². The van der Waals surface area contributed by atoms with Gasteiger partial charge >= 0.3 is 0 Å². The smallest absolute Gasteiger partial charge is 0.176 e. The van der Waals surface area contributed by atoms with Crippen molar-refractivity contribution in [1.29, 1.82) is 5.26 Å². The van der Waals surface area contributed by atoms with Gasteiger partial charge in [0.25, 0.3) is 0 Å². The van der Waals surface area contributed by atoms with Crippen LogP contribution in [-0.2, 0) is 0 Å². The zero-order valence-corrected chi connectivity index (χ0v) is 8.02. The maximum Gasteiger partial charge on any atom is 0.176 e. The predicted molar refractivity (Wildman–Crippen MR) is 49.6 cm³/mol. The standard InChI is InChI=1S/C8H18N4/c1-4-7(12-6-9)8(11-3)5-10-2/h7-8,10-12H,4-5H2,1-3H3. The molecule has 0 saturated heterocycles. The van der Waals surface area contributed by atoms with Crippen LogP contribution in [-0.4, -0.2) is 32.7 Å². The Morgan fingerprint density at radius 3 is 2.33 bits per heavy atom. The lowest BCUT2D eigenvalue weighted by molar-refractivity contribution is 0.401. The molecule has 0 bridgehead atoms. The summed E-state index contributed by atoms with van der Waals surface area (Å²) < 4.78 is 0. The molecule has 2 unspecified atom stereocenters. The monoisotopic (exact) mass is 170 g/mol. The Bertz CT molecular complexity index is 140. The zero-order valence-electron chi connectivity index (χ0n) is 8.02. The van der Waals surface area contributed by atoms with E-state index in [1.165, 1.54) is 0 Å². The number of hydrogen-bond acceptors (Lipinski definition) is 4. The van der Waals surface area contributed by atoms with Crippen molar-refractivity contribution in [1.82, 2.24) is 16.0 Å². The summed E-state index contributed by atoms with van der Waals surface area (Å²) in [6.07, 6.45) is 2.92. The van der Waals surface area contributed by atoms with Gasteiger partial charge in [-0.3, -0.25) is 0 Å². The molecule has 0 rings (SSSR count). The summed E-state index contributed by atoms with van der Waals surface area (Å²) in [6, 6.07) is 0.520. The molecule has 0 aliphatic rings. The predicted octanol–water partition coefficient (Wildman–Crippen LogP) is -0.357. The Morgan fingerprint density at radius 1 is 1.33 bits per heavy atom. The van der Waals surface area contributed by atoms with E-state index >= 15 is 0 Å². The molecule has 0 aliphatic carbocycles. The van der Waals surface area contributed by atoms with Crippen LogP contribution < -0.4 is 16.0 Å². The lowest BCUT2D eigenvalue weighted by Crippen LogP contribution is -2.49. The van der Waals surface area contributed by atoms with Crippen LogP contribution in [0, 0.1) is 11.5 Å². The molecule has 0 aromatic carbocycles. The molecule has 4 heteroatoms. The first-order chi connectivity index (χ1) is 5.79. The average molecular weight is 170 g/mol. The number of nitrogens with one attached hydrogen (secondary N) is 3. The van der Waals surface area contributed by atoms with Crippen LogP contribution >= 0.6 is 0 Å². The Kier molecular flexibility index (Phi) is 6.44. The first kappa shape index (κ1) is 11.2. The minimum atomic E-state index is 0.215. The lowest BCUT2D eigenvalue weighted by Gasteiger charge is -2.24. The van der Waals surface area contributed by atoms with Gasteiger partial charge < -0.3 is 16.0 Å². The minimum absolute atomic E-state index is 0.215. The van der Waals surface area contributed by atoms with Crippen molar-refractivity contribution >= 4 is 0 Å². The van der Waals surface area contributed by atoms with Crippen molar-refractivity contribution in [3.8, 4) is 6.19 Å². The number of rotatable bonds is 6. The van der Waals surface area contributed by atoms with Crippen molar-refractivity contribution in [2.45, 2.75) is 25.4 Å². The molecule has 12 heavy (non-hydrogen) atoms. The topological polar surface area (TPSA) is 59.9 Å². The molecule has 0 aromatic heterocycles. The quantitative estimate of drug-likeness (QED) is 0.376. The van der Waals surface area contributed by atoms with Gasteiger partial charge in [0.2, 0.25) is 0 Å². The van der Waals surface area contributed by atoms with E-state index in [1.807, 2.05) is 20.3 Å². The molecule has 0 aliphatic heterocycles. The Hall–Kier alpha value is -0.790. The molecule has 4 nitrogen and oxygen atoms in total. The Labute approximate surface area is 74.3 Å². The van der Waals surface area contributed by atoms with Gasteiger partial charge in [-0.15, -0.1) is 0 Å². The molecule has 0 fully saturated rings. The first-order valence-corrected chi connectivity index (χ1v) is 4.26. The SMILES string of the molecule is CCC(NC#N)C(CNC)NC. The van der Waals surface area contributed by atoms with Crippen LogP contribution in [0.1, 0.15) is 13.3 Å². The second kappa shape index (κ2) is 6.89. The van der Waals surface area contributed by atoms with Gasteiger partial charge in [0.05, 0.1) is 6.04 Å². The van der Waals surface area contributed by atoms with Gasteiger partial charge in [-0.2, -0.15) is 5.26 Å². The summed E-state index contributed by atoms with van der Waals surface area (Å²) in [5.41, 5.74) is 0. The van der Waals surface area contributed by atoms with Gasteiger partial charge in [0, 0.05) is 12.6 Å². The molecule has 70 valence electrons. The number of likely N-dealkylation sites (N-methyl/N-ethyl adjacent to an activating group) is 2. The van der Waals surface area contributed by atoms with Crippen LogP contribution in [0.4, 0.5) is 0 Å². The molecule has 0 aromatic rings. The van der Waals surface area contributed by atoms with E-state index in [-0.39, 0.29) is 6.04 Å². The summed E-state index contributed by atoms with van der Waals surface area (Å²) in [5, 5.41) is 17.5. The number of nitrogens with zero attached hydrogens (tertiary/aromatic N) is 1. The molecule has 2 atom stereocenters. The highest BCUT2D eigenvalue weighted by Crippen LogP contribution is 1.96. The summed E-state index contributed by atoms with van der Waals surface area (Å²) in [5.74, 6) is 0. The fourth-order valence-corrected chi connectivity index (χ4v) is 1.24. The molecule has 0 heterocycles. The third-order valence-corrected chi connectivity index (χ3v) is 1.97. The highest BCUT2D eigenvalue weighted by Gasteiger charge is 2.16. The second-order valence-electron chi connectivity index (χ2n) is 2.72. The van der Waals surface area contributed by atoms with E-state index in [1.54, 1.807) is 0 Å². The average Bonchev–Trinajstić information content (AvgIpc) is 2.11. The van der Waals surface area contributed by atoms with E-state index in [2.05, 4.69) is 22.9 Å². The second-order valence-corrected chi connectivity index (χ2v) is 2.72. The Balaban J connectivity index is 3.95. The van der Waals surface area contributed by atoms with Gasteiger partial charge in [-0.05, 0) is 20.5 Å². The van der Waals surface area contributed by atoms with Crippen molar-refractivity contribution in [2.75, 3.05) is 20.6 Å². The normalized spacial score (nSPS) is 14.8. The van der Waals surface area contributed by atoms with Crippen LogP contribution in [0.3, 0.4) is 0 Å². The van der Waals surface area contributed by atoms with E-state index in [0.717, 1.165) is 13.0 Å².